The summed E-state index contributed by atoms with van der Waals surface area (Å²) >= 11 is 2.92. The van der Waals surface area contributed by atoms with E-state index in [9.17, 15) is 9.59 Å². The molecule has 168 valence electrons. The molecular formula is C24H27N3O3S2. The summed E-state index contributed by atoms with van der Waals surface area (Å²) < 4.78 is 6.98. The molecule has 1 aliphatic carbocycles. The third-order valence-electron chi connectivity index (χ3n) is 5.60. The highest BCUT2D eigenvalue weighted by atomic mass is 32.2. The molecule has 0 bridgehead atoms. The summed E-state index contributed by atoms with van der Waals surface area (Å²) in [5, 5.41) is 4.25. The number of nitrogens with one attached hydrogen (secondary N) is 1. The number of ether oxygens (including phenoxy) is 1. The molecule has 3 aromatic rings. The summed E-state index contributed by atoms with van der Waals surface area (Å²) in [5.41, 5.74) is 2.08. The predicted octanol–water partition coefficient (Wildman–Crippen LogP) is 4.33. The first-order valence-corrected chi connectivity index (χ1v) is 12.6. The number of hydrogen-bond donors (Lipinski definition) is 1. The smallest absolute Gasteiger partial charge is 0.263 e. The predicted molar refractivity (Wildman–Crippen MR) is 131 cm³/mol. The van der Waals surface area contributed by atoms with E-state index in [1.54, 1.807) is 29.1 Å². The van der Waals surface area contributed by atoms with Gasteiger partial charge in [0.15, 0.2) is 5.16 Å². The lowest BCUT2D eigenvalue weighted by Gasteiger charge is -2.12. The van der Waals surface area contributed by atoms with Crippen molar-refractivity contribution in [3.63, 3.8) is 0 Å². The van der Waals surface area contributed by atoms with Crippen LogP contribution in [0.3, 0.4) is 0 Å². The second-order valence-electron chi connectivity index (χ2n) is 7.72. The molecule has 0 fully saturated rings. The van der Waals surface area contributed by atoms with Crippen LogP contribution in [0.2, 0.25) is 0 Å². The zero-order valence-electron chi connectivity index (χ0n) is 18.2. The third kappa shape index (κ3) is 4.76. The van der Waals surface area contributed by atoms with Gasteiger partial charge in [0.1, 0.15) is 10.6 Å². The van der Waals surface area contributed by atoms with Crippen molar-refractivity contribution < 1.29 is 9.53 Å². The first-order valence-electron chi connectivity index (χ1n) is 10.8. The minimum Gasteiger partial charge on any atom is -0.496 e. The Hall–Kier alpha value is -2.58. The van der Waals surface area contributed by atoms with Crippen molar-refractivity contribution >= 4 is 39.2 Å². The third-order valence-corrected chi connectivity index (χ3v) is 7.76. The number of amides is 1. The molecule has 1 aliphatic rings. The lowest BCUT2D eigenvalue weighted by atomic mass is 10.1. The van der Waals surface area contributed by atoms with Crippen LogP contribution in [0, 0.1) is 0 Å². The van der Waals surface area contributed by atoms with Crippen molar-refractivity contribution in [1.29, 1.82) is 0 Å². The van der Waals surface area contributed by atoms with Gasteiger partial charge in [-0.2, -0.15) is 0 Å². The zero-order valence-corrected chi connectivity index (χ0v) is 19.8. The molecule has 2 heterocycles. The average Bonchev–Trinajstić information content (AvgIpc) is 2.99. The number of hydrogen-bond acceptors (Lipinski definition) is 6. The molecule has 1 aromatic carbocycles. The molecule has 1 N–H and O–H groups in total. The van der Waals surface area contributed by atoms with Gasteiger partial charge in [0.25, 0.3) is 5.56 Å². The van der Waals surface area contributed by atoms with Gasteiger partial charge in [-0.15, -0.1) is 17.9 Å². The Balaban J connectivity index is 1.53. The van der Waals surface area contributed by atoms with Crippen molar-refractivity contribution in [2.75, 3.05) is 12.9 Å². The number of carbonyl (C=O) groups is 1. The van der Waals surface area contributed by atoms with Gasteiger partial charge in [0.05, 0.1) is 18.2 Å². The van der Waals surface area contributed by atoms with E-state index >= 15 is 0 Å². The topological polar surface area (TPSA) is 73.2 Å². The summed E-state index contributed by atoms with van der Waals surface area (Å²) in [7, 11) is 1.61. The number of para-hydroxylation sites is 1. The van der Waals surface area contributed by atoms with Gasteiger partial charge in [-0.25, -0.2) is 4.98 Å². The normalized spacial score (nSPS) is 13.4. The fourth-order valence-corrected chi connectivity index (χ4v) is 6.16. The van der Waals surface area contributed by atoms with Gasteiger partial charge in [-0.1, -0.05) is 42.5 Å². The summed E-state index contributed by atoms with van der Waals surface area (Å²) in [4.78, 5) is 32.8. The Kier molecular flexibility index (Phi) is 7.32. The molecule has 0 saturated heterocycles. The molecule has 0 saturated carbocycles. The van der Waals surface area contributed by atoms with Crippen molar-refractivity contribution in [3.05, 3.63) is 63.3 Å². The van der Waals surface area contributed by atoms with Gasteiger partial charge >= 0.3 is 0 Å². The van der Waals surface area contributed by atoms with Crippen LogP contribution in [0.4, 0.5) is 0 Å². The number of fused-ring (bicyclic) bond motifs is 3. The SMILES string of the molecule is C=CCn1c(SCC(=O)NCc2ccccc2OC)nc2sc3c(c2c1=O)CCCCC3. The highest BCUT2D eigenvalue weighted by molar-refractivity contribution is 7.99. The molecule has 0 spiro atoms. The van der Waals surface area contributed by atoms with Crippen LogP contribution in [0.1, 0.15) is 35.3 Å². The first-order chi connectivity index (χ1) is 15.6. The van der Waals surface area contributed by atoms with Crippen molar-refractivity contribution in [2.24, 2.45) is 0 Å². The van der Waals surface area contributed by atoms with E-state index in [2.05, 4.69) is 11.9 Å². The van der Waals surface area contributed by atoms with E-state index in [0.29, 0.717) is 18.2 Å². The van der Waals surface area contributed by atoms with E-state index in [-0.39, 0.29) is 17.2 Å². The van der Waals surface area contributed by atoms with Crippen LogP contribution >= 0.6 is 23.1 Å². The van der Waals surface area contributed by atoms with Gasteiger partial charge in [0, 0.05) is 23.5 Å². The monoisotopic (exact) mass is 469 g/mol. The molecule has 8 heteroatoms. The number of thiophene rings is 1. The van der Waals surface area contributed by atoms with Crippen LogP contribution in [0.5, 0.6) is 5.75 Å². The van der Waals surface area contributed by atoms with Crippen LogP contribution in [0.25, 0.3) is 10.2 Å². The maximum Gasteiger partial charge on any atom is 0.263 e. The van der Waals surface area contributed by atoms with Gasteiger partial charge in [-0.05, 0) is 37.3 Å². The number of methoxy groups -OCH3 is 1. The standard InChI is InChI=1S/C24H27N3O3S2/c1-3-13-27-23(29)21-17-10-5-4-6-12-19(17)32-22(21)26-24(27)31-15-20(28)25-14-16-9-7-8-11-18(16)30-2/h3,7-9,11H,1,4-6,10,12-15H2,2H3,(H,25,28). The van der Waals surface area contributed by atoms with E-state index < -0.39 is 0 Å². The molecule has 2 aromatic heterocycles. The Labute approximate surface area is 195 Å². The Morgan fingerprint density at radius 1 is 1.31 bits per heavy atom. The number of aryl methyl sites for hydroxylation is 2. The van der Waals surface area contributed by atoms with Crippen molar-refractivity contribution in [3.8, 4) is 5.75 Å². The lowest BCUT2D eigenvalue weighted by molar-refractivity contribution is -0.118. The number of nitrogens with zero attached hydrogens (tertiary/aromatic N) is 2. The van der Waals surface area contributed by atoms with Crippen molar-refractivity contribution in [1.82, 2.24) is 14.9 Å². The highest BCUT2D eigenvalue weighted by Crippen LogP contribution is 2.34. The minimum atomic E-state index is -0.123. The van der Waals surface area contributed by atoms with E-state index in [4.69, 9.17) is 9.72 Å². The molecule has 0 unspecified atom stereocenters. The second-order valence-corrected chi connectivity index (χ2v) is 9.75. The number of carbonyl (C=O) groups excluding carboxylic acids is 1. The van der Waals surface area contributed by atoms with E-state index in [1.807, 2.05) is 24.3 Å². The number of thioether (sulfide) groups is 1. The van der Waals surface area contributed by atoms with Crippen LogP contribution in [0.15, 0.2) is 46.9 Å². The molecule has 0 atom stereocenters. The summed E-state index contributed by atoms with van der Waals surface area (Å²) in [6, 6.07) is 7.59. The van der Waals surface area contributed by atoms with Gasteiger partial charge < -0.3 is 10.1 Å². The van der Waals surface area contributed by atoms with E-state index in [0.717, 1.165) is 47.2 Å². The molecule has 0 radical (unpaired) electrons. The molecule has 1 amide bonds. The fourth-order valence-electron chi connectivity index (χ4n) is 4.02. The molecule has 6 nitrogen and oxygen atoms in total. The van der Waals surface area contributed by atoms with Crippen LogP contribution < -0.4 is 15.6 Å². The maximum atomic E-state index is 13.4. The first kappa shape index (κ1) is 22.6. The largest absolute Gasteiger partial charge is 0.496 e. The quantitative estimate of drug-likeness (QED) is 0.230. The number of rotatable bonds is 8. The van der Waals surface area contributed by atoms with Crippen LogP contribution in [-0.4, -0.2) is 28.3 Å². The average molecular weight is 470 g/mol. The Morgan fingerprint density at radius 2 is 2.12 bits per heavy atom. The summed E-state index contributed by atoms with van der Waals surface area (Å²) in [5.74, 6) is 0.794. The minimum absolute atomic E-state index is 0.0220. The summed E-state index contributed by atoms with van der Waals surface area (Å²) in [6.07, 6.45) is 7.14. The second kappa shape index (κ2) is 10.4. The summed E-state index contributed by atoms with van der Waals surface area (Å²) in [6.45, 7) is 4.55. The molecule has 0 aliphatic heterocycles. The van der Waals surface area contributed by atoms with Gasteiger partial charge in [-0.3, -0.25) is 14.2 Å². The number of benzene rings is 1. The molecule has 4 rings (SSSR count). The molecule has 32 heavy (non-hydrogen) atoms. The van der Waals surface area contributed by atoms with Crippen LogP contribution in [-0.2, 0) is 30.7 Å². The zero-order chi connectivity index (χ0) is 22.5. The van der Waals surface area contributed by atoms with E-state index in [1.165, 1.54) is 28.6 Å². The molecular weight excluding hydrogens is 442 g/mol. The number of allylic oxidation sites excluding steroid dienone is 1. The lowest BCUT2D eigenvalue weighted by Crippen LogP contribution is -2.26. The van der Waals surface area contributed by atoms with Gasteiger partial charge in [0.2, 0.25) is 5.91 Å². The Morgan fingerprint density at radius 3 is 2.94 bits per heavy atom. The Bertz CT molecular complexity index is 1200. The fraction of sp³-hybridized carbons (Fsp3) is 0.375. The van der Waals surface area contributed by atoms with Crippen molar-refractivity contribution in [2.45, 2.75) is 50.4 Å². The highest BCUT2D eigenvalue weighted by Gasteiger charge is 2.21. The number of aromatic nitrogens is 2. The maximum absolute atomic E-state index is 13.4.